The molecule has 2 aromatic rings. The molecule has 4 nitrogen and oxygen atoms in total. The van der Waals surface area contributed by atoms with Gasteiger partial charge in [0.15, 0.2) is 0 Å². The van der Waals surface area contributed by atoms with Crippen molar-refractivity contribution in [3.05, 3.63) is 42.0 Å². The van der Waals surface area contributed by atoms with E-state index in [-0.39, 0.29) is 12.3 Å². The topological polar surface area (TPSA) is 63.3 Å². The molecule has 0 amide bonds. The van der Waals surface area contributed by atoms with Gasteiger partial charge < -0.3 is 9.52 Å². The molecule has 0 saturated heterocycles. The van der Waals surface area contributed by atoms with E-state index in [1.807, 2.05) is 31.2 Å². The third-order valence-electron chi connectivity index (χ3n) is 2.20. The number of hydrogen-bond donors (Lipinski definition) is 1. The molecular weight excluding hydrogens is 206 g/mol. The highest BCUT2D eigenvalue weighted by atomic mass is 16.4. The molecule has 1 aromatic carbocycles. The maximum Gasteiger partial charge on any atom is 0.312 e. The van der Waals surface area contributed by atoms with E-state index in [0.717, 1.165) is 11.1 Å². The zero-order valence-electron chi connectivity index (χ0n) is 8.80. The van der Waals surface area contributed by atoms with Crippen LogP contribution in [-0.2, 0) is 11.2 Å². The highest BCUT2D eigenvalue weighted by Crippen LogP contribution is 2.19. The van der Waals surface area contributed by atoms with Crippen LogP contribution in [0.3, 0.4) is 0 Å². The predicted octanol–water partition coefficient (Wildman–Crippen LogP) is 2.28. The van der Waals surface area contributed by atoms with E-state index < -0.39 is 5.97 Å². The van der Waals surface area contributed by atoms with Gasteiger partial charge in [-0.25, -0.2) is 4.98 Å². The Kier molecular flexibility index (Phi) is 2.72. The third kappa shape index (κ3) is 2.28. The number of carboxylic acid groups (broad SMARTS) is 1. The molecule has 0 aliphatic carbocycles. The van der Waals surface area contributed by atoms with Crippen molar-refractivity contribution in [2.75, 3.05) is 0 Å². The Balaban J connectivity index is 2.24. The lowest BCUT2D eigenvalue weighted by Crippen LogP contribution is -1.99. The van der Waals surface area contributed by atoms with Gasteiger partial charge in [0.25, 0.3) is 0 Å². The first kappa shape index (κ1) is 10.4. The molecule has 2 rings (SSSR count). The summed E-state index contributed by atoms with van der Waals surface area (Å²) < 4.78 is 5.07. The number of rotatable bonds is 3. The fourth-order valence-electron chi connectivity index (χ4n) is 1.38. The highest BCUT2D eigenvalue weighted by Gasteiger charge is 2.09. The second kappa shape index (κ2) is 4.18. The fourth-order valence-corrected chi connectivity index (χ4v) is 1.38. The number of benzene rings is 1. The van der Waals surface area contributed by atoms with Crippen LogP contribution in [0.1, 0.15) is 11.5 Å². The molecule has 4 heteroatoms. The molecular formula is C12H11NO3. The van der Waals surface area contributed by atoms with Gasteiger partial charge in [0.2, 0.25) is 5.89 Å². The smallest absolute Gasteiger partial charge is 0.312 e. The summed E-state index contributed by atoms with van der Waals surface area (Å²) in [5.74, 6) is -0.722. The highest BCUT2D eigenvalue weighted by molar-refractivity contribution is 5.69. The Morgan fingerprint density at radius 2 is 2.06 bits per heavy atom. The summed E-state index contributed by atoms with van der Waals surface area (Å²) in [5, 5.41) is 8.58. The van der Waals surface area contributed by atoms with Crippen LogP contribution < -0.4 is 0 Å². The van der Waals surface area contributed by atoms with Crippen LogP contribution in [0.5, 0.6) is 0 Å². The van der Waals surface area contributed by atoms with Gasteiger partial charge in [-0.2, -0.15) is 0 Å². The maximum atomic E-state index is 10.5. The van der Waals surface area contributed by atoms with Crippen molar-refractivity contribution in [1.82, 2.24) is 4.98 Å². The van der Waals surface area contributed by atoms with Gasteiger partial charge in [0.05, 0.1) is 0 Å². The van der Waals surface area contributed by atoms with E-state index >= 15 is 0 Å². The van der Waals surface area contributed by atoms with E-state index in [0.29, 0.717) is 5.69 Å². The predicted molar refractivity (Wildman–Crippen MR) is 58.0 cm³/mol. The molecule has 0 spiro atoms. The summed E-state index contributed by atoms with van der Waals surface area (Å²) in [5.41, 5.74) is 2.75. The van der Waals surface area contributed by atoms with Crippen LogP contribution in [0.4, 0.5) is 0 Å². The van der Waals surface area contributed by atoms with Crippen molar-refractivity contribution in [3.63, 3.8) is 0 Å². The number of oxazole rings is 1. The van der Waals surface area contributed by atoms with Gasteiger partial charge >= 0.3 is 5.97 Å². The number of hydrogen-bond acceptors (Lipinski definition) is 3. The minimum Gasteiger partial charge on any atom is -0.481 e. The van der Waals surface area contributed by atoms with Gasteiger partial charge in [-0.15, -0.1) is 0 Å². The average Bonchev–Trinajstić information content (AvgIpc) is 2.66. The monoisotopic (exact) mass is 217 g/mol. The number of nitrogens with zero attached hydrogens (tertiary/aromatic N) is 1. The molecule has 0 fully saturated rings. The van der Waals surface area contributed by atoms with Crippen LogP contribution in [0, 0.1) is 6.92 Å². The molecule has 1 aromatic heterocycles. The molecule has 0 saturated carbocycles. The fraction of sp³-hybridized carbons (Fsp3) is 0.167. The number of aryl methyl sites for hydroxylation is 1. The average molecular weight is 217 g/mol. The van der Waals surface area contributed by atoms with E-state index in [1.54, 1.807) is 0 Å². The zero-order valence-corrected chi connectivity index (χ0v) is 8.80. The SMILES string of the molecule is Cc1ccc(-c2coc(CC(=O)O)n2)cc1. The molecule has 0 aliphatic heterocycles. The minimum absolute atomic E-state index is 0.189. The second-order valence-electron chi connectivity index (χ2n) is 3.56. The molecule has 0 aliphatic rings. The van der Waals surface area contributed by atoms with Gasteiger partial charge in [0, 0.05) is 5.56 Å². The van der Waals surface area contributed by atoms with Crippen LogP contribution in [0.2, 0.25) is 0 Å². The molecule has 1 N–H and O–H groups in total. The summed E-state index contributed by atoms with van der Waals surface area (Å²) in [6.07, 6.45) is 1.29. The molecule has 0 unspecified atom stereocenters. The van der Waals surface area contributed by atoms with Crippen LogP contribution >= 0.6 is 0 Å². The largest absolute Gasteiger partial charge is 0.481 e. The Morgan fingerprint density at radius 3 is 2.69 bits per heavy atom. The molecule has 16 heavy (non-hydrogen) atoms. The number of aromatic nitrogens is 1. The Hall–Kier alpha value is -2.10. The lowest BCUT2D eigenvalue weighted by atomic mass is 10.1. The standard InChI is InChI=1S/C12H11NO3/c1-8-2-4-9(5-3-8)10-7-16-11(13-10)6-12(14)15/h2-5,7H,6H2,1H3,(H,14,15). The number of carbonyl (C=O) groups is 1. The summed E-state index contributed by atoms with van der Waals surface area (Å²) >= 11 is 0. The van der Waals surface area contributed by atoms with Crippen molar-refractivity contribution < 1.29 is 14.3 Å². The molecule has 0 bridgehead atoms. The maximum absolute atomic E-state index is 10.5. The molecule has 1 heterocycles. The van der Waals surface area contributed by atoms with Gasteiger partial charge in [-0.05, 0) is 6.92 Å². The first-order chi connectivity index (χ1) is 7.65. The van der Waals surface area contributed by atoms with E-state index in [1.165, 1.54) is 6.26 Å². The van der Waals surface area contributed by atoms with E-state index in [4.69, 9.17) is 9.52 Å². The summed E-state index contributed by atoms with van der Waals surface area (Å²) in [7, 11) is 0. The zero-order chi connectivity index (χ0) is 11.5. The van der Waals surface area contributed by atoms with Crippen molar-refractivity contribution in [2.45, 2.75) is 13.3 Å². The van der Waals surface area contributed by atoms with E-state index in [2.05, 4.69) is 4.98 Å². The minimum atomic E-state index is -0.947. The van der Waals surface area contributed by atoms with Gasteiger partial charge in [0.1, 0.15) is 18.4 Å². The van der Waals surface area contributed by atoms with Crippen molar-refractivity contribution >= 4 is 5.97 Å². The molecule has 0 radical (unpaired) electrons. The number of carboxylic acids is 1. The first-order valence-electron chi connectivity index (χ1n) is 4.88. The molecule has 82 valence electrons. The lowest BCUT2D eigenvalue weighted by Gasteiger charge is -1.95. The van der Waals surface area contributed by atoms with Crippen molar-refractivity contribution in [1.29, 1.82) is 0 Å². The summed E-state index contributed by atoms with van der Waals surface area (Å²) in [6, 6.07) is 7.80. The van der Waals surface area contributed by atoms with Crippen LogP contribution in [-0.4, -0.2) is 16.1 Å². The van der Waals surface area contributed by atoms with Gasteiger partial charge in [-0.1, -0.05) is 29.8 Å². The van der Waals surface area contributed by atoms with Crippen molar-refractivity contribution in [2.24, 2.45) is 0 Å². The Bertz CT molecular complexity index is 499. The number of aliphatic carboxylic acids is 1. The summed E-state index contributed by atoms with van der Waals surface area (Å²) in [4.78, 5) is 14.6. The second-order valence-corrected chi connectivity index (χ2v) is 3.56. The van der Waals surface area contributed by atoms with Crippen LogP contribution in [0.15, 0.2) is 34.9 Å². The lowest BCUT2D eigenvalue weighted by molar-refractivity contribution is -0.136. The van der Waals surface area contributed by atoms with Crippen LogP contribution in [0.25, 0.3) is 11.3 Å². The van der Waals surface area contributed by atoms with Crippen molar-refractivity contribution in [3.8, 4) is 11.3 Å². The third-order valence-corrected chi connectivity index (χ3v) is 2.20. The first-order valence-corrected chi connectivity index (χ1v) is 4.88. The van der Waals surface area contributed by atoms with E-state index in [9.17, 15) is 4.79 Å². The Labute approximate surface area is 92.6 Å². The normalized spacial score (nSPS) is 10.3. The quantitative estimate of drug-likeness (QED) is 0.856. The summed E-state index contributed by atoms with van der Waals surface area (Å²) in [6.45, 7) is 2.00. The van der Waals surface area contributed by atoms with Gasteiger partial charge in [-0.3, -0.25) is 4.79 Å². The Morgan fingerprint density at radius 1 is 1.38 bits per heavy atom. The molecule has 0 atom stereocenters.